The molecule has 0 saturated heterocycles. The van der Waals surface area contributed by atoms with Crippen molar-refractivity contribution in [3.63, 3.8) is 0 Å². The number of rotatable bonds is 8. The second kappa shape index (κ2) is 8.53. The van der Waals surface area contributed by atoms with Gasteiger partial charge in [-0.05, 0) is 30.5 Å². The third-order valence-corrected chi connectivity index (χ3v) is 4.12. The molecule has 0 aromatic heterocycles. The molecule has 3 rings (SSSR count). The van der Waals surface area contributed by atoms with E-state index in [1.165, 1.54) is 0 Å². The summed E-state index contributed by atoms with van der Waals surface area (Å²) in [6.45, 7) is 1.56. The van der Waals surface area contributed by atoms with Gasteiger partial charge in [0, 0.05) is 19.7 Å². The van der Waals surface area contributed by atoms with Gasteiger partial charge in [-0.25, -0.2) is 4.79 Å². The van der Waals surface area contributed by atoms with Crippen LogP contribution in [0, 0.1) is 0 Å². The fourth-order valence-electron chi connectivity index (χ4n) is 2.65. The average Bonchev–Trinajstić information content (AvgIpc) is 3.47. The van der Waals surface area contributed by atoms with Crippen LogP contribution in [0.25, 0.3) is 0 Å². The number of carbonyl (C=O) groups is 1. The summed E-state index contributed by atoms with van der Waals surface area (Å²) < 4.78 is 10.7. The van der Waals surface area contributed by atoms with Gasteiger partial charge in [0.1, 0.15) is 12.4 Å². The van der Waals surface area contributed by atoms with E-state index in [1.807, 2.05) is 59.5 Å². The molecular weight excluding hydrogens is 316 g/mol. The van der Waals surface area contributed by atoms with E-state index in [4.69, 9.17) is 9.47 Å². The van der Waals surface area contributed by atoms with Crippen molar-refractivity contribution in [1.82, 2.24) is 4.90 Å². The van der Waals surface area contributed by atoms with Crippen LogP contribution in [0.3, 0.4) is 0 Å². The molecule has 1 aliphatic carbocycles. The van der Waals surface area contributed by atoms with E-state index in [-0.39, 0.29) is 6.03 Å². The molecule has 2 aromatic rings. The van der Waals surface area contributed by atoms with E-state index < -0.39 is 0 Å². The van der Waals surface area contributed by atoms with Gasteiger partial charge in [0.2, 0.25) is 0 Å². The number of hydrogen-bond acceptors (Lipinski definition) is 3. The topological polar surface area (TPSA) is 50.8 Å². The minimum Gasteiger partial charge on any atom is -0.489 e. The zero-order chi connectivity index (χ0) is 17.5. The van der Waals surface area contributed by atoms with Crippen molar-refractivity contribution in [1.29, 1.82) is 0 Å². The van der Waals surface area contributed by atoms with Crippen molar-refractivity contribution in [2.24, 2.45) is 0 Å². The lowest BCUT2D eigenvalue weighted by Gasteiger charge is -2.23. The SMILES string of the molecule is COCCOc1ccccc1NC(=O)N(Cc1ccccc1)C1CC1. The lowest BCUT2D eigenvalue weighted by Crippen LogP contribution is -2.36. The summed E-state index contributed by atoms with van der Waals surface area (Å²) in [5, 5.41) is 3.00. The third kappa shape index (κ3) is 4.97. The van der Waals surface area contributed by atoms with Gasteiger partial charge < -0.3 is 19.7 Å². The maximum Gasteiger partial charge on any atom is 0.322 e. The van der Waals surface area contributed by atoms with E-state index in [1.54, 1.807) is 7.11 Å². The Morgan fingerprint density at radius 2 is 1.80 bits per heavy atom. The smallest absolute Gasteiger partial charge is 0.322 e. The summed E-state index contributed by atoms with van der Waals surface area (Å²) in [5.74, 6) is 0.656. The molecule has 1 fully saturated rings. The molecule has 0 heterocycles. The Morgan fingerprint density at radius 3 is 2.52 bits per heavy atom. The van der Waals surface area contributed by atoms with Crippen molar-refractivity contribution in [3.8, 4) is 5.75 Å². The van der Waals surface area contributed by atoms with Crippen LogP contribution in [0.1, 0.15) is 18.4 Å². The predicted molar refractivity (Wildman–Crippen MR) is 97.8 cm³/mol. The van der Waals surface area contributed by atoms with Gasteiger partial charge in [0.25, 0.3) is 0 Å². The monoisotopic (exact) mass is 340 g/mol. The molecule has 0 atom stereocenters. The van der Waals surface area contributed by atoms with Crippen LogP contribution in [-0.4, -0.2) is 37.3 Å². The number of nitrogens with zero attached hydrogens (tertiary/aromatic N) is 1. The zero-order valence-corrected chi connectivity index (χ0v) is 14.5. The Morgan fingerprint density at radius 1 is 1.08 bits per heavy atom. The number of benzene rings is 2. The number of carbonyl (C=O) groups excluding carboxylic acids is 1. The molecule has 0 unspecified atom stereocenters. The first-order valence-electron chi connectivity index (χ1n) is 8.60. The lowest BCUT2D eigenvalue weighted by molar-refractivity contribution is 0.146. The first-order valence-corrected chi connectivity index (χ1v) is 8.60. The Balaban J connectivity index is 1.67. The molecule has 0 aliphatic heterocycles. The molecule has 2 amide bonds. The Bertz CT molecular complexity index is 686. The number of ether oxygens (including phenoxy) is 2. The molecule has 0 spiro atoms. The molecule has 1 saturated carbocycles. The summed E-state index contributed by atoms with van der Waals surface area (Å²) >= 11 is 0. The summed E-state index contributed by atoms with van der Waals surface area (Å²) in [4.78, 5) is 14.7. The molecule has 5 heteroatoms. The van der Waals surface area contributed by atoms with Crippen molar-refractivity contribution < 1.29 is 14.3 Å². The number of hydrogen-bond donors (Lipinski definition) is 1. The molecule has 132 valence electrons. The van der Waals surface area contributed by atoms with E-state index in [9.17, 15) is 4.79 Å². The standard InChI is InChI=1S/C20H24N2O3/c1-24-13-14-25-19-10-6-5-9-18(19)21-20(23)22(17-11-12-17)15-16-7-3-2-4-8-16/h2-10,17H,11-15H2,1H3,(H,21,23). The fourth-order valence-corrected chi connectivity index (χ4v) is 2.65. The van der Waals surface area contributed by atoms with Gasteiger partial charge >= 0.3 is 6.03 Å². The second-order valence-electron chi connectivity index (χ2n) is 6.11. The first kappa shape index (κ1) is 17.3. The highest BCUT2D eigenvalue weighted by atomic mass is 16.5. The molecule has 25 heavy (non-hydrogen) atoms. The van der Waals surface area contributed by atoms with Crippen molar-refractivity contribution >= 4 is 11.7 Å². The number of urea groups is 1. The predicted octanol–water partition coefficient (Wildman–Crippen LogP) is 3.91. The number of anilines is 1. The maximum absolute atomic E-state index is 12.8. The van der Waals surface area contributed by atoms with Crippen LogP contribution < -0.4 is 10.1 Å². The number of nitrogens with one attached hydrogen (secondary N) is 1. The molecule has 2 aromatic carbocycles. The normalized spacial score (nSPS) is 13.3. The maximum atomic E-state index is 12.8. The molecule has 1 N–H and O–H groups in total. The van der Waals surface area contributed by atoms with Crippen LogP contribution in [0.5, 0.6) is 5.75 Å². The quantitative estimate of drug-likeness (QED) is 0.741. The second-order valence-corrected chi connectivity index (χ2v) is 6.11. The van der Waals surface area contributed by atoms with Gasteiger partial charge in [-0.15, -0.1) is 0 Å². The van der Waals surface area contributed by atoms with Crippen LogP contribution in [0.15, 0.2) is 54.6 Å². The molecule has 1 aliphatic rings. The Kier molecular flexibility index (Phi) is 5.90. The van der Waals surface area contributed by atoms with Gasteiger partial charge in [0.15, 0.2) is 0 Å². The van der Waals surface area contributed by atoms with Crippen molar-refractivity contribution in [2.75, 3.05) is 25.6 Å². The van der Waals surface area contributed by atoms with Crippen LogP contribution in [-0.2, 0) is 11.3 Å². The van der Waals surface area contributed by atoms with Crippen LogP contribution >= 0.6 is 0 Å². The summed E-state index contributed by atoms with van der Waals surface area (Å²) in [5.41, 5.74) is 1.82. The van der Waals surface area contributed by atoms with E-state index in [0.717, 1.165) is 18.4 Å². The van der Waals surface area contributed by atoms with Crippen LogP contribution in [0.2, 0.25) is 0 Å². The molecule has 0 bridgehead atoms. The summed E-state index contributed by atoms with van der Waals surface area (Å²) in [6, 6.07) is 17.8. The van der Waals surface area contributed by atoms with Crippen molar-refractivity contribution in [3.05, 3.63) is 60.2 Å². The minimum absolute atomic E-state index is 0.0888. The highest BCUT2D eigenvalue weighted by molar-refractivity contribution is 5.91. The number of amides is 2. The molecule has 5 nitrogen and oxygen atoms in total. The fraction of sp³-hybridized carbons (Fsp3) is 0.350. The molecular formula is C20H24N2O3. The largest absolute Gasteiger partial charge is 0.489 e. The third-order valence-electron chi connectivity index (χ3n) is 4.12. The van der Waals surface area contributed by atoms with E-state index >= 15 is 0 Å². The lowest BCUT2D eigenvalue weighted by atomic mass is 10.2. The average molecular weight is 340 g/mol. The molecule has 0 radical (unpaired) electrons. The van der Waals surface area contributed by atoms with Crippen LogP contribution in [0.4, 0.5) is 10.5 Å². The highest BCUT2D eigenvalue weighted by Crippen LogP contribution is 2.30. The van der Waals surface area contributed by atoms with E-state index in [0.29, 0.717) is 37.2 Å². The van der Waals surface area contributed by atoms with Gasteiger partial charge in [-0.3, -0.25) is 0 Å². The highest BCUT2D eigenvalue weighted by Gasteiger charge is 2.32. The summed E-state index contributed by atoms with van der Waals surface area (Å²) in [7, 11) is 1.63. The zero-order valence-electron chi connectivity index (χ0n) is 14.5. The summed E-state index contributed by atoms with van der Waals surface area (Å²) in [6.07, 6.45) is 2.12. The van der Waals surface area contributed by atoms with Gasteiger partial charge in [-0.2, -0.15) is 0 Å². The Labute approximate surface area is 148 Å². The van der Waals surface area contributed by atoms with Gasteiger partial charge in [0.05, 0.1) is 12.3 Å². The van der Waals surface area contributed by atoms with Crippen molar-refractivity contribution in [2.45, 2.75) is 25.4 Å². The Hall–Kier alpha value is -2.53. The minimum atomic E-state index is -0.0888. The first-order chi connectivity index (χ1) is 12.3. The number of para-hydroxylation sites is 2. The van der Waals surface area contributed by atoms with Gasteiger partial charge in [-0.1, -0.05) is 42.5 Å². The number of methoxy groups -OCH3 is 1. The van der Waals surface area contributed by atoms with E-state index in [2.05, 4.69) is 5.32 Å².